The highest BCUT2D eigenvalue weighted by molar-refractivity contribution is 7.92. The summed E-state index contributed by atoms with van der Waals surface area (Å²) >= 11 is 0. The van der Waals surface area contributed by atoms with Crippen molar-refractivity contribution in [1.29, 1.82) is 0 Å². The van der Waals surface area contributed by atoms with Crippen LogP contribution in [0.4, 0.5) is 5.69 Å². The zero-order valence-electron chi connectivity index (χ0n) is 23.6. The molecule has 1 N–H and O–H groups in total. The first-order chi connectivity index (χ1) is 18.4. The number of hydrogen-bond acceptors (Lipinski definition) is 4. The van der Waals surface area contributed by atoms with Crippen molar-refractivity contribution in [1.82, 2.24) is 10.2 Å². The summed E-state index contributed by atoms with van der Waals surface area (Å²) in [4.78, 5) is 28.6. The molecule has 0 spiro atoms. The van der Waals surface area contributed by atoms with Gasteiger partial charge in [-0.1, -0.05) is 66.6 Å². The van der Waals surface area contributed by atoms with Crippen molar-refractivity contribution in [2.24, 2.45) is 0 Å². The van der Waals surface area contributed by atoms with Crippen LogP contribution in [0.3, 0.4) is 0 Å². The van der Waals surface area contributed by atoms with Crippen molar-refractivity contribution in [2.75, 3.05) is 10.8 Å². The molecule has 39 heavy (non-hydrogen) atoms. The van der Waals surface area contributed by atoms with Gasteiger partial charge < -0.3 is 10.2 Å². The van der Waals surface area contributed by atoms with Crippen LogP contribution >= 0.6 is 0 Å². The van der Waals surface area contributed by atoms with E-state index in [1.165, 1.54) is 4.90 Å². The van der Waals surface area contributed by atoms with E-state index in [1.807, 2.05) is 65.0 Å². The Morgan fingerprint density at radius 2 is 1.44 bits per heavy atom. The Balaban J connectivity index is 2.02. The molecule has 2 amide bonds. The highest BCUT2D eigenvalue weighted by Crippen LogP contribution is 2.25. The van der Waals surface area contributed by atoms with Crippen LogP contribution in [0, 0.1) is 20.8 Å². The molecule has 7 nitrogen and oxygen atoms in total. The minimum absolute atomic E-state index is 0.0537. The van der Waals surface area contributed by atoms with Crippen LogP contribution in [0.15, 0.2) is 77.7 Å². The van der Waals surface area contributed by atoms with E-state index in [4.69, 9.17) is 0 Å². The fourth-order valence-corrected chi connectivity index (χ4v) is 5.49. The highest BCUT2D eigenvalue weighted by atomic mass is 32.2. The van der Waals surface area contributed by atoms with Gasteiger partial charge in [0.05, 0.1) is 10.6 Å². The molecular weight excluding hydrogens is 510 g/mol. The number of carbonyl (C=O) groups is 2. The SMILES string of the molecule is CCC(C)NC(=O)C(C)N(Cc1ccc(C)cc1)C(=O)CN(c1cccc(C)c1)S(=O)(=O)c1ccc(C)cc1. The second kappa shape index (κ2) is 12.9. The fourth-order valence-electron chi connectivity index (χ4n) is 4.09. The number of nitrogens with zero attached hydrogens (tertiary/aromatic N) is 2. The third-order valence-corrected chi connectivity index (χ3v) is 8.61. The minimum Gasteiger partial charge on any atom is -0.352 e. The number of aryl methyl sites for hydroxylation is 3. The van der Waals surface area contributed by atoms with Crippen molar-refractivity contribution in [3.63, 3.8) is 0 Å². The predicted octanol–water partition coefficient (Wildman–Crippen LogP) is 5.14. The largest absolute Gasteiger partial charge is 0.352 e. The van der Waals surface area contributed by atoms with Gasteiger partial charge in [-0.25, -0.2) is 8.42 Å². The molecule has 0 aliphatic carbocycles. The van der Waals surface area contributed by atoms with E-state index in [2.05, 4.69) is 5.32 Å². The van der Waals surface area contributed by atoms with Gasteiger partial charge in [0.15, 0.2) is 0 Å². The van der Waals surface area contributed by atoms with E-state index >= 15 is 0 Å². The maximum atomic E-state index is 14.0. The number of rotatable bonds is 11. The van der Waals surface area contributed by atoms with Crippen molar-refractivity contribution in [3.05, 3.63) is 95.1 Å². The van der Waals surface area contributed by atoms with Crippen LogP contribution < -0.4 is 9.62 Å². The summed E-state index contributed by atoms with van der Waals surface area (Å²) in [6.07, 6.45) is 0.750. The molecule has 0 fully saturated rings. The molecule has 0 radical (unpaired) electrons. The van der Waals surface area contributed by atoms with E-state index in [0.717, 1.165) is 33.0 Å². The molecule has 2 atom stereocenters. The molecule has 0 aliphatic heterocycles. The van der Waals surface area contributed by atoms with Gasteiger partial charge in [0.2, 0.25) is 11.8 Å². The van der Waals surface area contributed by atoms with E-state index in [1.54, 1.807) is 49.4 Å². The second-order valence-electron chi connectivity index (χ2n) is 10.2. The lowest BCUT2D eigenvalue weighted by Crippen LogP contribution is -2.52. The molecular formula is C31H39N3O4S. The van der Waals surface area contributed by atoms with Crippen LogP contribution in [-0.2, 0) is 26.2 Å². The van der Waals surface area contributed by atoms with E-state index in [-0.39, 0.29) is 23.4 Å². The third kappa shape index (κ3) is 7.69. The number of amides is 2. The van der Waals surface area contributed by atoms with Crippen molar-refractivity contribution in [3.8, 4) is 0 Å². The van der Waals surface area contributed by atoms with Crippen LogP contribution in [0.2, 0.25) is 0 Å². The zero-order chi connectivity index (χ0) is 28.7. The first kappa shape index (κ1) is 29.9. The molecule has 208 valence electrons. The van der Waals surface area contributed by atoms with Gasteiger partial charge in [-0.05, 0) is 76.4 Å². The molecule has 3 aromatic rings. The molecule has 0 saturated heterocycles. The summed E-state index contributed by atoms with van der Waals surface area (Å²) in [5, 5.41) is 2.95. The number of benzene rings is 3. The Morgan fingerprint density at radius 3 is 2.00 bits per heavy atom. The number of hydrogen-bond donors (Lipinski definition) is 1. The standard InChI is InChI=1S/C31H39N3O4S/c1-7-25(5)32-31(36)26(6)33(20-27-15-11-22(2)12-16-27)30(35)21-34(28-10-8-9-24(4)19-28)39(37,38)29-17-13-23(3)14-18-29/h8-19,25-26H,7,20-21H2,1-6H3,(H,32,36). The molecule has 3 aromatic carbocycles. The number of sulfonamides is 1. The van der Waals surface area contributed by atoms with E-state index < -0.39 is 28.5 Å². The molecule has 0 saturated carbocycles. The fraction of sp³-hybridized carbons (Fsp3) is 0.355. The Hall–Kier alpha value is -3.65. The normalized spacial score (nSPS) is 12.9. The second-order valence-corrected chi connectivity index (χ2v) is 12.0. The van der Waals surface area contributed by atoms with Gasteiger partial charge in [0, 0.05) is 12.6 Å². The molecule has 0 aromatic heterocycles. The average molecular weight is 550 g/mol. The summed E-state index contributed by atoms with van der Waals surface area (Å²) in [6, 6.07) is 20.5. The quantitative estimate of drug-likeness (QED) is 0.359. The van der Waals surface area contributed by atoms with Gasteiger partial charge in [-0.3, -0.25) is 13.9 Å². The van der Waals surface area contributed by atoms with Crippen molar-refractivity contribution >= 4 is 27.5 Å². The molecule has 0 aliphatic rings. The maximum absolute atomic E-state index is 14.0. The van der Waals surface area contributed by atoms with Gasteiger partial charge >= 0.3 is 0 Å². The number of carbonyl (C=O) groups excluding carboxylic acids is 2. The molecule has 8 heteroatoms. The lowest BCUT2D eigenvalue weighted by Gasteiger charge is -2.32. The van der Waals surface area contributed by atoms with Crippen LogP contribution in [0.1, 0.15) is 49.4 Å². The summed E-state index contributed by atoms with van der Waals surface area (Å²) in [6.45, 7) is 11.0. The monoisotopic (exact) mass is 549 g/mol. The predicted molar refractivity (Wildman–Crippen MR) is 156 cm³/mol. The Bertz CT molecular complexity index is 1390. The molecule has 0 heterocycles. The van der Waals surface area contributed by atoms with E-state index in [9.17, 15) is 18.0 Å². The maximum Gasteiger partial charge on any atom is 0.264 e. The van der Waals surface area contributed by atoms with E-state index in [0.29, 0.717) is 5.69 Å². The van der Waals surface area contributed by atoms with Gasteiger partial charge in [-0.2, -0.15) is 0 Å². The van der Waals surface area contributed by atoms with Crippen molar-refractivity contribution < 1.29 is 18.0 Å². The smallest absolute Gasteiger partial charge is 0.264 e. The number of anilines is 1. The van der Waals surface area contributed by atoms with Crippen LogP contribution in [-0.4, -0.2) is 43.8 Å². The molecule has 3 rings (SSSR count). The summed E-state index contributed by atoms with van der Waals surface area (Å²) < 4.78 is 28.9. The topological polar surface area (TPSA) is 86.8 Å². The van der Waals surface area contributed by atoms with Gasteiger partial charge in [0.25, 0.3) is 10.0 Å². The first-order valence-electron chi connectivity index (χ1n) is 13.2. The van der Waals surface area contributed by atoms with Crippen LogP contribution in [0.25, 0.3) is 0 Å². The summed E-state index contributed by atoms with van der Waals surface area (Å²) in [7, 11) is -4.08. The Labute approximate surface area is 232 Å². The summed E-state index contributed by atoms with van der Waals surface area (Å²) in [5.74, 6) is -0.757. The Kier molecular flexibility index (Phi) is 9.92. The van der Waals surface area contributed by atoms with Crippen LogP contribution in [0.5, 0.6) is 0 Å². The lowest BCUT2D eigenvalue weighted by molar-refractivity contribution is -0.139. The number of nitrogens with one attached hydrogen (secondary N) is 1. The molecule has 2 unspecified atom stereocenters. The first-order valence-corrected chi connectivity index (χ1v) is 14.7. The van der Waals surface area contributed by atoms with Crippen molar-refractivity contribution in [2.45, 2.75) is 71.5 Å². The Morgan fingerprint density at radius 1 is 0.846 bits per heavy atom. The highest BCUT2D eigenvalue weighted by Gasteiger charge is 2.32. The average Bonchev–Trinajstić information content (AvgIpc) is 2.90. The lowest BCUT2D eigenvalue weighted by atomic mass is 10.1. The van der Waals surface area contributed by atoms with Gasteiger partial charge in [0.1, 0.15) is 12.6 Å². The third-order valence-electron chi connectivity index (χ3n) is 6.82. The molecule has 0 bridgehead atoms. The zero-order valence-corrected chi connectivity index (χ0v) is 24.5. The summed E-state index contributed by atoms with van der Waals surface area (Å²) in [5.41, 5.74) is 4.10. The van der Waals surface area contributed by atoms with Gasteiger partial charge in [-0.15, -0.1) is 0 Å². The minimum atomic E-state index is -4.08.